The molecule has 0 saturated carbocycles. The van der Waals surface area contributed by atoms with Gasteiger partial charge < -0.3 is 9.88 Å². The van der Waals surface area contributed by atoms with Crippen LogP contribution in [0.15, 0.2) is 175 Å². The second kappa shape index (κ2) is 11.4. The summed E-state index contributed by atoms with van der Waals surface area (Å²) < 4.78 is 2.42. The Kier molecular flexibility index (Phi) is 6.65. The van der Waals surface area contributed by atoms with E-state index in [-0.39, 0.29) is 12.3 Å². The van der Waals surface area contributed by atoms with E-state index in [1.807, 2.05) is 12.1 Å². The Morgan fingerprint density at radius 1 is 0.511 bits per heavy atom. The van der Waals surface area contributed by atoms with Gasteiger partial charge >= 0.3 is 0 Å². The Morgan fingerprint density at radius 2 is 1.19 bits per heavy atom. The molecule has 7 aromatic carbocycles. The molecule has 47 heavy (non-hydrogen) atoms. The zero-order chi connectivity index (χ0) is 31.2. The fraction of sp³-hybridized carbons (Fsp3) is 0.0465. The maximum Gasteiger partial charge on any atom is 0.131 e. The highest BCUT2D eigenvalue weighted by Gasteiger charge is 2.27. The topological polar surface area (TPSA) is 41.4 Å². The van der Waals surface area contributed by atoms with E-state index in [1.54, 1.807) is 0 Å². The van der Waals surface area contributed by atoms with Crippen LogP contribution >= 0.6 is 0 Å². The summed E-state index contributed by atoms with van der Waals surface area (Å²) in [6.07, 6.45) is -0.328. The minimum Gasteiger partial charge on any atom is -0.350 e. The SMILES string of the molecule is c1ccc(C2=NC(c3ccccc3)NC(c3ccccc3-c3ccc(-n4c5ccccc5c5ccc6ccccc6c54)cc3)N2)cc1. The van der Waals surface area contributed by atoms with Gasteiger partial charge in [-0.05, 0) is 45.8 Å². The van der Waals surface area contributed by atoms with Gasteiger partial charge in [0.25, 0.3) is 0 Å². The summed E-state index contributed by atoms with van der Waals surface area (Å²) in [7, 11) is 0. The van der Waals surface area contributed by atoms with Crippen LogP contribution in [0.25, 0.3) is 49.4 Å². The molecule has 1 aliphatic rings. The van der Waals surface area contributed by atoms with Crippen molar-refractivity contribution < 1.29 is 0 Å². The summed E-state index contributed by atoms with van der Waals surface area (Å²) in [5.74, 6) is 0.881. The number of nitrogens with zero attached hydrogens (tertiary/aromatic N) is 2. The first-order valence-corrected chi connectivity index (χ1v) is 16.1. The molecule has 0 amide bonds. The van der Waals surface area contributed by atoms with Crippen molar-refractivity contribution in [2.45, 2.75) is 12.3 Å². The van der Waals surface area contributed by atoms with Crippen molar-refractivity contribution in [2.24, 2.45) is 4.99 Å². The minimum atomic E-state index is -0.182. The van der Waals surface area contributed by atoms with Gasteiger partial charge in [-0.25, -0.2) is 4.99 Å². The molecular formula is C43H32N4. The monoisotopic (exact) mass is 604 g/mol. The smallest absolute Gasteiger partial charge is 0.131 e. The molecular weight excluding hydrogens is 573 g/mol. The molecule has 8 aromatic rings. The van der Waals surface area contributed by atoms with Crippen LogP contribution in [-0.2, 0) is 0 Å². The number of amidine groups is 1. The number of rotatable bonds is 5. The average Bonchev–Trinajstić information content (AvgIpc) is 3.50. The van der Waals surface area contributed by atoms with Gasteiger partial charge in [0.15, 0.2) is 0 Å². The van der Waals surface area contributed by atoms with Crippen molar-refractivity contribution in [3.8, 4) is 16.8 Å². The third-order valence-corrected chi connectivity index (χ3v) is 9.29. The number of benzene rings is 7. The zero-order valence-corrected chi connectivity index (χ0v) is 25.7. The van der Waals surface area contributed by atoms with Crippen molar-refractivity contribution in [3.05, 3.63) is 187 Å². The molecule has 1 aromatic heterocycles. The lowest BCUT2D eigenvalue weighted by molar-refractivity contribution is 0.409. The van der Waals surface area contributed by atoms with E-state index in [2.05, 4.69) is 173 Å². The van der Waals surface area contributed by atoms with E-state index < -0.39 is 0 Å². The summed E-state index contributed by atoms with van der Waals surface area (Å²) in [6.45, 7) is 0. The summed E-state index contributed by atoms with van der Waals surface area (Å²) in [4.78, 5) is 5.10. The number of nitrogens with one attached hydrogen (secondary N) is 2. The van der Waals surface area contributed by atoms with E-state index in [1.165, 1.54) is 49.3 Å². The Bertz CT molecular complexity index is 2410. The average molecular weight is 605 g/mol. The van der Waals surface area contributed by atoms with Gasteiger partial charge in [-0.3, -0.25) is 5.32 Å². The first-order chi connectivity index (χ1) is 23.3. The molecule has 9 rings (SSSR count). The van der Waals surface area contributed by atoms with Gasteiger partial charge in [0.2, 0.25) is 0 Å². The summed E-state index contributed by atoms with van der Waals surface area (Å²) in [5, 5.41) is 12.5. The second-order valence-corrected chi connectivity index (χ2v) is 12.1. The maximum absolute atomic E-state index is 5.10. The van der Waals surface area contributed by atoms with Crippen LogP contribution in [0, 0.1) is 0 Å². The van der Waals surface area contributed by atoms with Crippen molar-refractivity contribution in [1.29, 1.82) is 0 Å². The molecule has 1 aliphatic heterocycles. The minimum absolute atomic E-state index is 0.146. The molecule has 0 fully saturated rings. The molecule has 224 valence electrons. The first-order valence-electron chi connectivity index (χ1n) is 16.1. The highest BCUT2D eigenvalue weighted by molar-refractivity contribution is 6.18. The third-order valence-electron chi connectivity index (χ3n) is 9.29. The lowest BCUT2D eigenvalue weighted by Gasteiger charge is -2.33. The first kappa shape index (κ1) is 27.3. The number of aliphatic imine (C=N–C) groups is 1. The molecule has 0 saturated heterocycles. The number of para-hydroxylation sites is 1. The van der Waals surface area contributed by atoms with E-state index >= 15 is 0 Å². The fourth-order valence-electron chi connectivity index (χ4n) is 7.07. The molecule has 0 spiro atoms. The normalized spacial score (nSPS) is 16.3. The van der Waals surface area contributed by atoms with Crippen LogP contribution in [0.3, 0.4) is 0 Å². The predicted molar refractivity (Wildman–Crippen MR) is 195 cm³/mol. The van der Waals surface area contributed by atoms with Crippen LogP contribution in [0.2, 0.25) is 0 Å². The summed E-state index contributed by atoms with van der Waals surface area (Å²) in [5.41, 5.74) is 9.32. The largest absolute Gasteiger partial charge is 0.350 e. The van der Waals surface area contributed by atoms with Crippen LogP contribution in [0.4, 0.5) is 0 Å². The molecule has 2 atom stereocenters. The van der Waals surface area contributed by atoms with E-state index in [4.69, 9.17) is 4.99 Å². The number of hydrogen-bond acceptors (Lipinski definition) is 3. The van der Waals surface area contributed by atoms with E-state index in [0.29, 0.717) is 0 Å². The van der Waals surface area contributed by atoms with Gasteiger partial charge in [0, 0.05) is 27.4 Å². The van der Waals surface area contributed by atoms with Crippen molar-refractivity contribution >= 4 is 38.4 Å². The molecule has 2 unspecified atom stereocenters. The maximum atomic E-state index is 5.10. The lowest BCUT2D eigenvalue weighted by Crippen LogP contribution is -2.45. The van der Waals surface area contributed by atoms with Crippen molar-refractivity contribution in [2.75, 3.05) is 0 Å². The van der Waals surface area contributed by atoms with Gasteiger partial charge in [0.05, 0.1) is 11.0 Å². The molecule has 4 nitrogen and oxygen atoms in total. The number of fused-ring (bicyclic) bond motifs is 5. The van der Waals surface area contributed by atoms with Crippen LogP contribution in [-0.4, -0.2) is 10.4 Å². The molecule has 0 radical (unpaired) electrons. The highest BCUT2D eigenvalue weighted by Crippen LogP contribution is 2.38. The van der Waals surface area contributed by atoms with E-state index in [9.17, 15) is 0 Å². The van der Waals surface area contributed by atoms with Crippen molar-refractivity contribution in [1.82, 2.24) is 15.2 Å². The number of hydrogen-bond donors (Lipinski definition) is 2. The van der Waals surface area contributed by atoms with Crippen molar-refractivity contribution in [3.63, 3.8) is 0 Å². The summed E-state index contributed by atoms with van der Waals surface area (Å²) in [6, 6.07) is 60.4. The molecule has 0 bridgehead atoms. The summed E-state index contributed by atoms with van der Waals surface area (Å²) >= 11 is 0. The quantitative estimate of drug-likeness (QED) is 0.205. The molecule has 2 N–H and O–H groups in total. The molecule has 0 aliphatic carbocycles. The van der Waals surface area contributed by atoms with E-state index in [0.717, 1.165) is 22.6 Å². The second-order valence-electron chi connectivity index (χ2n) is 12.1. The predicted octanol–water partition coefficient (Wildman–Crippen LogP) is 9.94. The molecule has 2 heterocycles. The van der Waals surface area contributed by atoms with Gasteiger partial charge in [-0.1, -0.05) is 152 Å². The molecule has 4 heteroatoms. The Labute approximate surface area is 273 Å². The van der Waals surface area contributed by atoms with Crippen LogP contribution in [0.5, 0.6) is 0 Å². The number of aromatic nitrogens is 1. The Balaban J connectivity index is 1.13. The van der Waals surface area contributed by atoms with Gasteiger partial charge in [-0.15, -0.1) is 0 Å². The standard InChI is InChI=1S/C43H32N4/c1-3-14-31(15-4-1)41-44-42(32-16-5-2-6-17-32)46-43(45-41)38-21-10-9-18-34(38)30-23-26-33(27-24-30)47-39-22-12-11-20-36(39)37-28-25-29-13-7-8-19-35(29)40(37)47/h1-28,41,43,45H,(H,44,46). The lowest BCUT2D eigenvalue weighted by atomic mass is 9.96. The zero-order valence-electron chi connectivity index (χ0n) is 25.7. The van der Waals surface area contributed by atoms with Gasteiger partial charge in [-0.2, -0.15) is 0 Å². The van der Waals surface area contributed by atoms with Crippen LogP contribution < -0.4 is 10.6 Å². The van der Waals surface area contributed by atoms with Gasteiger partial charge in [0.1, 0.15) is 18.2 Å². The fourth-order valence-corrected chi connectivity index (χ4v) is 7.07. The third kappa shape index (κ3) is 4.78. The Morgan fingerprint density at radius 3 is 2.02 bits per heavy atom. The Hall–Kier alpha value is -5.97. The van der Waals surface area contributed by atoms with Crippen LogP contribution in [0.1, 0.15) is 29.0 Å². The highest BCUT2D eigenvalue weighted by atomic mass is 15.3.